The van der Waals surface area contributed by atoms with E-state index in [4.69, 9.17) is 15.7 Å². The number of allylic oxidation sites excluding steroid dienone is 2. The number of pyridine rings is 1. The molecule has 3 aliphatic rings. The van der Waals surface area contributed by atoms with Gasteiger partial charge in [-0.15, -0.1) is 0 Å². The number of aromatic nitrogens is 1. The van der Waals surface area contributed by atoms with Gasteiger partial charge in [-0.2, -0.15) is 0 Å². The lowest BCUT2D eigenvalue weighted by atomic mass is 9.86. The number of unbranched alkanes of at least 4 members (excludes halogenated alkanes) is 1. The molecule has 1 aromatic heterocycles. The van der Waals surface area contributed by atoms with Gasteiger partial charge >= 0.3 is 0 Å². The molecule has 150 valence electrons. The molecule has 1 saturated heterocycles. The first-order valence-electron chi connectivity index (χ1n) is 10.8. The van der Waals surface area contributed by atoms with Crippen LogP contribution in [0.2, 0.25) is 0 Å². The van der Waals surface area contributed by atoms with E-state index < -0.39 is 0 Å². The Hall–Kier alpha value is -1.98. The van der Waals surface area contributed by atoms with Crippen LogP contribution in [0.1, 0.15) is 56.3 Å². The fourth-order valence-corrected chi connectivity index (χ4v) is 5.08. The summed E-state index contributed by atoms with van der Waals surface area (Å²) in [5.74, 6) is 1.11. The summed E-state index contributed by atoms with van der Waals surface area (Å²) < 4.78 is 0. The molecule has 0 aromatic carbocycles. The molecular weight excluding hydrogens is 346 g/mol. The minimum Gasteiger partial charge on any atom is -0.330 e. The van der Waals surface area contributed by atoms with E-state index in [0.717, 1.165) is 31.8 Å². The molecule has 0 spiro atoms. The van der Waals surface area contributed by atoms with Gasteiger partial charge in [0, 0.05) is 18.4 Å². The number of nitrogens with two attached hydrogens (primary N) is 1. The molecule has 4 rings (SSSR count). The molecule has 1 fully saturated rings. The molecule has 4 atom stereocenters. The SMILES string of the molecule is Cc1cccnc1[C@@H]1CCC[C@H](C2N=C3C=CC=CN3C2C)N1CCCCN. The number of nitrogens with zero attached hydrogens (tertiary/aromatic N) is 4. The van der Waals surface area contributed by atoms with E-state index >= 15 is 0 Å². The van der Waals surface area contributed by atoms with Crippen LogP contribution in [0.3, 0.4) is 0 Å². The monoisotopic (exact) mass is 379 g/mol. The minimum absolute atomic E-state index is 0.298. The van der Waals surface area contributed by atoms with Crippen molar-refractivity contribution in [3.63, 3.8) is 0 Å². The van der Waals surface area contributed by atoms with Gasteiger partial charge < -0.3 is 10.6 Å². The van der Waals surface area contributed by atoms with Crippen LogP contribution >= 0.6 is 0 Å². The average Bonchev–Trinajstić information content (AvgIpc) is 3.05. The Balaban J connectivity index is 1.63. The van der Waals surface area contributed by atoms with Crippen LogP contribution in [0.25, 0.3) is 0 Å². The Labute approximate surface area is 169 Å². The number of aryl methyl sites for hydroxylation is 1. The third-order valence-electron chi connectivity index (χ3n) is 6.52. The highest BCUT2D eigenvalue weighted by Gasteiger charge is 2.43. The van der Waals surface area contributed by atoms with Crippen molar-refractivity contribution in [3.05, 3.63) is 54.0 Å². The predicted molar refractivity (Wildman–Crippen MR) is 115 cm³/mol. The summed E-state index contributed by atoms with van der Waals surface area (Å²) in [7, 11) is 0. The van der Waals surface area contributed by atoms with Crippen molar-refractivity contribution in [1.82, 2.24) is 14.8 Å². The Morgan fingerprint density at radius 3 is 2.89 bits per heavy atom. The minimum atomic E-state index is 0.298. The first-order valence-corrected chi connectivity index (χ1v) is 10.8. The van der Waals surface area contributed by atoms with Gasteiger partial charge in [0.15, 0.2) is 0 Å². The molecule has 4 heterocycles. The lowest BCUT2D eigenvalue weighted by Crippen LogP contribution is -2.52. The molecule has 28 heavy (non-hydrogen) atoms. The number of aliphatic imine (C=N–C) groups is 1. The van der Waals surface area contributed by atoms with E-state index in [1.165, 1.54) is 30.5 Å². The second-order valence-electron chi connectivity index (χ2n) is 8.28. The van der Waals surface area contributed by atoms with Gasteiger partial charge in [0.1, 0.15) is 5.84 Å². The first-order chi connectivity index (χ1) is 13.7. The maximum absolute atomic E-state index is 5.80. The van der Waals surface area contributed by atoms with Crippen LogP contribution in [-0.4, -0.2) is 51.8 Å². The summed E-state index contributed by atoms with van der Waals surface area (Å²) in [6.45, 7) is 6.34. The molecule has 2 N–H and O–H groups in total. The highest BCUT2D eigenvalue weighted by atomic mass is 15.3. The van der Waals surface area contributed by atoms with Crippen LogP contribution in [0.4, 0.5) is 0 Å². The predicted octanol–water partition coefficient (Wildman–Crippen LogP) is 3.58. The fourth-order valence-electron chi connectivity index (χ4n) is 5.08. The fraction of sp³-hybridized carbons (Fsp3) is 0.565. The van der Waals surface area contributed by atoms with E-state index in [0.29, 0.717) is 24.2 Å². The van der Waals surface area contributed by atoms with Crippen molar-refractivity contribution in [3.8, 4) is 0 Å². The molecule has 0 amide bonds. The van der Waals surface area contributed by atoms with Crippen molar-refractivity contribution >= 4 is 5.84 Å². The molecule has 0 aliphatic carbocycles. The molecule has 2 unspecified atom stereocenters. The molecule has 1 aromatic rings. The van der Waals surface area contributed by atoms with Gasteiger partial charge in [0.05, 0.1) is 23.8 Å². The van der Waals surface area contributed by atoms with Gasteiger partial charge in [-0.25, -0.2) is 0 Å². The molecule has 5 heteroatoms. The van der Waals surface area contributed by atoms with Gasteiger partial charge in [-0.3, -0.25) is 14.9 Å². The largest absolute Gasteiger partial charge is 0.330 e. The summed E-state index contributed by atoms with van der Waals surface area (Å²) in [6.07, 6.45) is 16.3. The Bertz CT molecular complexity index is 768. The highest BCUT2D eigenvalue weighted by Crippen LogP contribution is 2.39. The third kappa shape index (κ3) is 3.65. The summed E-state index contributed by atoms with van der Waals surface area (Å²) in [6, 6.07) is 5.76. The number of piperidine rings is 1. The number of likely N-dealkylation sites (tertiary alicyclic amines) is 1. The average molecular weight is 380 g/mol. The van der Waals surface area contributed by atoms with Gasteiger partial charge in [0.2, 0.25) is 0 Å². The maximum Gasteiger partial charge on any atom is 0.128 e. The number of hydrogen-bond donors (Lipinski definition) is 1. The highest BCUT2D eigenvalue weighted by molar-refractivity contribution is 5.96. The van der Waals surface area contributed by atoms with Gasteiger partial charge in [-0.05, 0) is 82.8 Å². The lowest BCUT2D eigenvalue weighted by molar-refractivity contribution is 0.0551. The zero-order valence-electron chi connectivity index (χ0n) is 17.2. The summed E-state index contributed by atoms with van der Waals surface area (Å²) in [4.78, 5) is 15.0. The number of amidine groups is 1. The molecule has 5 nitrogen and oxygen atoms in total. The number of hydrogen-bond acceptors (Lipinski definition) is 5. The van der Waals surface area contributed by atoms with E-state index in [1.54, 1.807) is 0 Å². The van der Waals surface area contributed by atoms with Crippen molar-refractivity contribution in [2.45, 2.75) is 70.1 Å². The Kier molecular flexibility index (Phi) is 5.93. The summed E-state index contributed by atoms with van der Waals surface area (Å²) >= 11 is 0. The second-order valence-corrected chi connectivity index (χ2v) is 8.28. The molecule has 0 saturated carbocycles. The lowest BCUT2D eigenvalue weighted by Gasteiger charge is -2.45. The van der Waals surface area contributed by atoms with Crippen LogP contribution in [-0.2, 0) is 0 Å². The van der Waals surface area contributed by atoms with Gasteiger partial charge in [-0.1, -0.05) is 12.1 Å². The van der Waals surface area contributed by atoms with E-state index in [2.05, 4.69) is 54.1 Å². The van der Waals surface area contributed by atoms with Crippen LogP contribution in [0.5, 0.6) is 0 Å². The van der Waals surface area contributed by atoms with Crippen molar-refractivity contribution in [2.24, 2.45) is 10.7 Å². The standard InChI is InChI=1S/C23H33N5/c1-17-9-8-14-25-22(17)19-10-7-11-20(28(19)16-6-4-13-24)23-18(2)27-15-5-3-12-21(27)26-23/h3,5,8-9,12,14-15,18-20,23H,4,6-7,10-11,13,16,24H2,1-2H3/t18?,19-,20+,23?/m0/s1. The van der Waals surface area contributed by atoms with Crippen molar-refractivity contribution in [1.29, 1.82) is 0 Å². The van der Waals surface area contributed by atoms with E-state index in [1.807, 2.05) is 12.3 Å². The molecular formula is C23H33N5. The topological polar surface area (TPSA) is 57.8 Å². The number of rotatable bonds is 6. The molecule has 0 radical (unpaired) electrons. The zero-order chi connectivity index (χ0) is 19.5. The normalized spacial score (nSPS) is 29.8. The summed E-state index contributed by atoms with van der Waals surface area (Å²) in [5.41, 5.74) is 8.34. The van der Waals surface area contributed by atoms with Crippen LogP contribution < -0.4 is 5.73 Å². The summed E-state index contributed by atoms with van der Waals surface area (Å²) in [5, 5.41) is 0. The quantitative estimate of drug-likeness (QED) is 0.768. The van der Waals surface area contributed by atoms with Gasteiger partial charge in [0.25, 0.3) is 0 Å². The molecule has 0 bridgehead atoms. The Morgan fingerprint density at radius 2 is 2.11 bits per heavy atom. The maximum atomic E-state index is 5.80. The zero-order valence-corrected chi connectivity index (χ0v) is 17.2. The van der Waals surface area contributed by atoms with E-state index in [9.17, 15) is 0 Å². The van der Waals surface area contributed by atoms with Crippen LogP contribution in [0, 0.1) is 6.92 Å². The van der Waals surface area contributed by atoms with E-state index in [-0.39, 0.29) is 0 Å². The smallest absolute Gasteiger partial charge is 0.128 e. The third-order valence-corrected chi connectivity index (χ3v) is 6.52. The van der Waals surface area contributed by atoms with Crippen molar-refractivity contribution < 1.29 is 0 Å². The second kappa shape index (κ2) is 8.58. The van der Waals surface area contributed by atoms with Crippen molar-refractivity contribution in [2.75, 3.05) is 13.1 Å². The Morgan fingerprint density at radius 1 is 1.21 bits per heavy atom. The van der Waals surface area contributed by atoms with Crippen LogP contribution in [0.15, 0.2) is 47.7 Å². The molecule has 3 aliphatic heterocycles. The first kappa shape index (κ1) is 19.3. The number of fused-ring (bicyclic) bond motifs is 1.